The number of carbonyl (C=O) groups is 1. The van der Waals surface area contributed by atoms with Crippen molar-refractivity contribution in [1.29, 1.82) is 0 Å². The fraction of sp³-hybridized carbons (Fsp3) is 0.267. The smallest absolute Gasteiger partial charge is 0.387 e. The number of halogens is 2. The minimum atomic E-state index is -2.94. The molecule has 0 aliphatic heterocycles. The van der Waals surface area contributed by atoms with Gasteiger partial charge in [0.2, 0.25) is 0 Å². The van der Waals surface area contributed by atoms with Crippen LogP contribution in [0.1, 0.15) is 23.0 Å². The number of hydrogen-bond donors (Lipinski definition) is 0. The topological polar surface area (TPSA) is 61.3 Å². The van der Waals surface area contributed by atoms with Gasteiger partial charge in [0.15, 0.2) is 5.82 Å². The predicted octanol–water partition coefficient (Wildman–Crippen LogP) is 3.23. The Morgan fingerprint density at radius 1 is 1.32 bits per heavy atom. The summed E-state index contributed by atoms with van der Waals surface area (Å²) in [5.74, 6) is -0.355. The fourth-order valence-corrected chi connectivity index (χ4v) is 1.86. The number of nitrogens with zero attached hydrogens (tertiary/aromatic N) is 2. The zero-order valence-electron chi connectivity index (χ0n) is 12.0. The van der Waals surface area contributed by atoms with E-state index in [4.69, 9.17) is 4.74 Å². The van der Waals surface area contributed by atoms with E-state index in [0.29, 0.717) is 11.3 Å². The van der Waals surface area contributed by atoms with E-state index in [1.807, 2.05) is 0 Å². The van der Waals surface area contributed by atoms with Crippen molar-refractivity contribution in [3.8, 4) is 17.1 Å². The van der Waals surface area contributed by atoms with E-state index in [1.165, 1.54) is 12.3 Å². The molecule has 0 saturated heterocycles. The van der Waals surface area contributed by atoms with Gasteiger partial charge in [-0.15, -0.1) is 0 Å². The molecule has 0 saturated carbocycles. The lowest BCUT2D eigenvalue weighted by atomic mass is 10.1. The number of hydrogen-bond acceptors (Lipinski definition) is 5. The van der Waals surface area contributed by atoms with Crippen LogP contribution in [0.3, 0.4) is 0 Å². The lowest BCUT2D eigenvalue weighted by Gasteiger charge is -2.11. The number of aromatic nitrogens is 2. The molecule has 0 fully saturated rings. The molecule has 0 spiro atoms. The van der Waals surface area contributed by atoms with Crippen molar-refractivity contribution in [3.63, 3.8) is 0 Å². The monoisotopic (exact) mass is 308 g/mol. The van der Waals surface area contributed by atoms with Crippen molar-refractivity contribution in [2.75, 3.05) is 6.61 Å². The Morgan fingerprint density at radius 2 is 2.05 bits per heavy atom. The van der Waals surface area contributed by atoms with Crippen molar-refractivity contribution < 1.29 is 23.0 Å². The first-order valence-corrected chi connectivity index (χ1v) is 6.58. The van der Waals surface area contributed by atoms with Gasteiger partial charge in [-0.25, -0.2) is 14.8 Å². The maximum absolute atomic E-state index is 12.4. The molecular weight excluding hydrogens is 294 g/mol. The molecule has 0 N–H and O–H groups in total. The van der Waals surface area contributed by atoms with Crippen LogP contribution < -0.4 is 4.74 Å². The van der Waals surface area contributed by atoms with Gasteiger partial charge >= 0.3 is 12.6 Å². The van der Waals surface area contributed by atoms with Gasteiger partial charge in [-0.1, -0.05) is 12.1 Å². The Morgan fingerprint density at radius 3 is 2.68 bits per heavy atom. The van der Waals surface area contributed by atoms with Crippen LogP contribution in [0.4, 0.5) is 8.78 Å². The molecule has 0 unspecified atom stereocenters. The van der Waals surface area contributed by atoms with Crippen LogP contribution in [0.2, 0.25) is 0 Å². The highest BCUT2D eigenvalue weighted by molar-refractivity contribution is 5.90. The standard InChI is InChI=1S/C15H14F2N2O3/c1-3-21-14(20)11-8-18-13(19-9(11)2)10-6-4-5-7-12(10)22-15(16)17/h4-8,15H,3H2,1-2H3. The van der Waals surface area contributed by atoms with E-state index < -0.39 is 12.6 Å². The quantitative estimate of drug-likeness (QED) is 0.794. The molecule has 2 rings (SSSR count). The fourth-order valence-electron chi connectivity index (χ4n) is 1.86. The molecule has 0 aliphatic carbocycles. The molecule has 0 radical (unpaired) electrons. The number of esters is 1. The Hall–Kier alpha value is -2.57. The van der Waals surface area contributed by atoms with Crippen molar-refractivity contribution >= 4 is 5.97 Å². The van der Waals surface area contributed by atoms with Crippen LogP contribution in [0.5, 0.6) is 5.75 Å². The largest absolute Gasteiger partial charge is 0.462 e. The van der Waals surface area contributed by atoms with Crippen LogP contribution in [0.25, 0.3) is 11.4 Å². The first-order chi connectivity index (χ1) is 10.5. The minimum absolute atomic E-state index is 0.0271. The Bertz CT molecular complexity index is 678. The van der Waals surface area contributed by atoms with Crippen LogP contribution in [0.15, 0.2) is 30.5 Å². The second-order valence-electron chi connectivity index (χ2n) is 4.29. The van der Waals surface area contributed by atoms with E-state index in [-0.39, 0.29) is 23.7 Å². The molecule has 0 bridgehead atoms. The number of carbonyl (C=O) groups excluding carboxylic acids is 1. The van der Waals surface area contributed by atoms with Gasteiger partial charge < -0.3 is 9.47 Å². The Balaban J connectivity index is 2.38. The molecule has 0 atom stereocenters. The second kappa shape index (κ2) is 6.93. The molecule has 1 aromatic carbocycles. The lowest BCUT2D eigenvalue weighted by molar-refractivity contribution is -0.0494. The second-order valence-corrected chi connectivity index (χ2v) is 4.29. The minimum Gasteiger partial charge on any atom is -0.462 e. The van der Waals surface area contributed by atoms with Gasteiger partial charge in [0.05, 0.1) is 23.4 Å². The van der Waals surface area contributed by atoms with Gasteiger partial charge in [-0.2, -0.15) is 8.78 Å². The van der Waals surface area contributed by atoms with Crippen LogP contribution in [0, 0.1) is 6.92 Å². The third-order valence-electron chi connectivity index (χ3n) is 2.82. The molecule has 22 heavy (non-hydrogen) atoms. The van der Waals surface area contributed by atoms with Crippen LogP contribution in [-0.4, -0.2) is 29.2 Å². The summed E-state index contributed by atoms with van der Waals surface area (Å²) in [4.78, 5) is 19.9. The summed E-state index contributed by atoms with van der Waals surface area (Å²) >= 11 is 0. The molecule has 1 heterocycles. The van der Waals surface area contributed by atoms with Crippen molar-refractivity contribution in [3.05, 3.63) is 41.7 Å². The average Bonchev–Trinajstić information content (AvgIpc) is 2.47. The summed E-state index contributed by atoms with van der Waals surface area (Å²) in [5, 5.41) is 0. The van der Waals surface area contributed by atoms with E-state index in [1.54, 1.807) is 32.0 Å². The molecule has 0 amide bonds. The highest BCUT2D eigenvalue weighted by Crippen LogP contribution is 2.28. The number of benzene rings is 1. The first kappa shape index (κ1) is 15.8. The highest BCUT2D eigenvalue weighted by Gasteiger charge is 2.16. The predicted molar refractivity (Wildman–Crippen MR) is 74.8 cm³/mol. The van der Waals surface area contributed by atoms with Gasteiger partial charge in [0.1, 0.15) is 5.75 Å². The van der Waals surface area contributed by atoms with Gasteiger partial charge in [0.25, 0.3) is 0 Å². The Labute approximate surface area is 125 Å². The summed E-state index contributed by atoms with van der Waals surface area (Å²) in [7, 11) is 0. The van der Waals surface area contributed by atoms with Gasteiger partial charge in [-0.05, 0) is 26.0 Å². The number of ether oxygens (including phenoxy) is 2. The number of para-hydroxylation sites is 1. The number of alkyl halides is 2. The SMILES string of the molecule is CCOC(=O)c1cnc(-c2ccccc2OC(F)F)nc1C. The van der Waals surface area contributed by atoms with Crippen molar-refractivity contribution in [2.24, 2.45) is 0 Å². The zero-order valence-corrected chi connectivity index (χ0v) is 12.0. The van der Waals surface area contributed by atoms with Crippen molar-refractivity contribution in [1.82, 2.24) is 9.97 Å². The summed E-state index contributed by atoms with van der Waals surface area (Å²) in [6, 6.07) is 6.20. The molecule has 1 aromatic heterocycles. The van der Waals surface area contributed by atoms with E-state index in [2.05, 4.69) is 14.7 Å². The Kier molecular flexibility index (Phi) is 4.98. The summed E-state index contributed by atoms with van der Waals surface area (Å²) < 4.78 is 34.2. The summed E-state index contributed by atoms with van der Waals surface area (Å²) in [6.45, 7) is 0.612. The normalized spacial score (nSPS) is 10.6. The maximum atomic E-state index is 12.4. The summed E-state index contributed by atoms with van der Waals surface area (Å²) in [5.41, 5.74) is 0.953. The number of aryl methyl sites for hydroxylation is 1. The third kappa shape index (κ3) is 3.55. The molecule has 7 heteroatoms. The van der Waals surface area contributed by atoms with Crippen LogP contribution in [-0.2, 0) is 4.74 Å². The summed E-state index contributed by atoms with van der Waals surface area (Å²) in [6.07, 6.45) is 1.31. The first-order valence-electron chi connectivity index (χ1n) is 6.58. The van der Waals surface area contributed by atoms with Gasteiger partial charge in [-0.3, -0.25) is 0 Å². The molecular formula is C15H14F2N2O3. The average molecular weight is 308 g/mol. The van der Waals surface area contributed by atoms with Crippen molar-refractivity contribution in [2.45, 2.75) is 20.5 Å². The lowest BCUT2D eigenvalue weighted by Crippen LogP contribution is -2.10. The molecule has 5 nitrogen and oxygen atoms in total. The molecule has 0 aliphatic rings. The van der Waals surface area contributed by atoms with E-state index in [9.17, 15) is 13.6 Å². The number of rotatable bonds is 5. The van der Waals surface area contributed by atoms with E-state index >= 15 is 0 Å². The maximum Gasteiger partial charge on any atom is 0.387 e. The zero-order chi connectivity index (χ0) is 16.1. The van der Waals surface area contributed by atoms with E-state index in [0.717, 1.165) is 0 Å². The third-order valence-corrected chi connectivity index (χ3v) is 2.82. The van der Waals surface area contributed by atoms with Gasteiger partial charge in [0, 0.05) is 6.20 Å². The highest BCUT2D eigenvalue weighted by atomic mass is 19.3. The van der Waals surface area contributed by atoms with Crippen LogP contribution >= 0.6 is 0 Å². The molecule has 116 valence electrons. The molecule has 2 aromatic rings.